The van der Waals surface area contributed by atoms with E-state index in [1.165, 1.54) is 235 Å². The minimum atomic E-state index is 0.0876. The van der Waals surface area contributed by atoms with Crippen LogP contribution < -0.4 is 0 Å². The van der Waals surface area contributed by atoms with E-state index in [0.29, 0.717) is 11.8 Å². The van der Waals surface area contributed by atoms with Crippen molar-refractivity contribution < 1.29 is 9.59 Å². The van der Waals surface area contributed by atoms with Gasteiger partial charge in [-0.2, -0.15) is 0 Å². The smallest absolute Gasteiger partial charge is 0.173 e. The largest absolute Gasteiger partial charge is 0.293 e. The first-order valence-electron chi connectivity index (χ1n) is 26.9. The molecular formula is C58H90O2S4. The van der Waals surface area contributed by atoms with Crippen LogP contribution in [0.15, 0.2) is 48.5 Å². The van der Waals surface area contributed by atoms with Gasteiger partial charge in [0.1, 0.15) is 0 Å². The first-order chi connectivity index (χ1) is 31.5. The molecule has 4 rings (SSSR count). The van der Waals surface area contributed by atoms with E-state index >= 15 is 0 Å². The second-order valence-corrected chi connectivity index (χ2v) is 23.5. The van der Waals surface area contributed by atoms with Gasteiger partial charge in [-0.05, 0) is 86.1 Å². The van der Waals surface area contributed by atoms with E-state index in [0.717, 1.165) is 9.75 Å². The van der Waals surface area contributed by atoms with E-state index in [9.17, 15) is 9.59 Å². The van der Waals surface area contributed by atoms with Gasteiger partial charge in [0.05, 0.1) is 9.75 Å². The zero-order valence-corrected chi connectivity index (χ0v) is 44.5. The average Bonchev–Trinajstić information content (AvgIpc) is 4.16. The van der Waals surface area contributed by atoms with Crippen LogP contribution in [0.4, 0.5) is 0 Å². The van der Waals surface area contributed by atoms with Crippen molar-refractivity contribution in [3.05, 3.63) is 68.0 Å². The number of rotatable bonds is 41. The van der Waals surface area contributed by atoms with E-state index in [1.807, 2.05) is 34.8 Å². The lowest BCUT2D eigenvalue weighted by molar-refractivity contribution is 0.0921. The molecular weight excluding hydrogens is 857 g/mol. The van der Waals surface area contributed by atoms with Gasteiger partial charge in [0.25, 0.3) is 0 Å². The van der Waals surface area contributed by atoms with Crippen LogP contribution in [0.5, 0.6) is 0 Å². The molecule has 0 radical (unpaired) electrons. The first kappa shape index (κ1) is 54.7. The van der Waals surface area contributed by atoms with Crippen molar-refractivity contribution in [1.29, 1.82) is 0 Å². The highest BCUT2D eigenvalue weighted by molar-refractivity contribution is 7.23. The van der Waals surface area contributed by atoms with Gasteiger partial charge in [-0.25, -0.2) is 0 Å². The van der Waals surface area contributed by atoms with Crippen LogP contribution in [0.3, 0.4) is 0 Å². The van der Waals surface area contributed by atoms with Crippen LogP contribution in [0.2, 0.25) is 0 Å². The second kappa shape index (κ2) is 34.4. The minimum Gasteiger partial charge on any atom is -0.293 e. The van der Waals surface area contributed by atoms with E-state index in [2.05, 4.69) is 64.1 Å². The van der Waals surface area contributed by atoms with Gasteiger partial charge in [-0.3, -0.25) is 9.59 Å². The Bertz CT molecular complexity index is 1640. The topological polar surface area (TPSA) is 34.1 Å². The highest BCUT2D eigenvalue weighted by Gasteiger charge is 2.20. The fourth-order valence-electron chi connectivity index (χ4n) is 9.37. The molecule has 0 bridgehead atoms. The summed E-state index contributed by atoms with van der Waals surface area (Å²) in [6, 6.07) is 17.6. The van der Waals surface area contributed by atoms with Gasteiger partial charge in [-0.1, -0.05) is 207 Å². The third-order valence-electron chi connectivity index (χ3n) is 13.5. The summed E-state index contributed by atoms with van der Waals surface area (Å²) in [6.07, 6.45) is 43.8. The summed E-state index contributed by atoms with van der Waals surface area (Å²) < 4.78 is 0. The van der Waals surface area contributed by atoms with E-state index < -0.39 is 0 Å². The Morgan fingerprint density at radius 3 is 0.875 bits per heavy atom. The third-order valence-corrected chi connectivity index (χ3v) is 18.6. The summed E-state index contributed by atoms with van der Waals surface area (Å²) in [6.45, 7) is 9.19. The zero-order chi connectivity index (χ0) is 45.5. The molecule has 2 atom stereocenters. The number of Topliss-reactive ketones (excluding diaryl/α,β-unsaturated/α-hetero) is 2. The highest BCUT2D eigenvalue weighted by atomic mass is 32.1. The number of unbranched alkanes of at least 4 members (excludes halogenated alkanes) is 24. The molecule has 0 spiro atoms. The molecule has 64 heavy (non-hydrogen) atoms. The summed E-state index contributed by atoms with van der Waals surface area (Å²) in [5.74, 6) is 1.47. The molecule has 6 heteroatoms. The molecule has 4 heterocycles. The molecule has 0 amide bonds. The predicted octanol–water partition coefficient (Wildman–Crippen LogP) is 21.8. The third kappa shape index (κ3) is 21.4. The Balaban J connectivity index is 1.27. The van der Waals surface area contributed by atoms with E-state index in [1.54, 1.807) is 22.7 Å². The number of carbonyl (C=O) groups is 2. The molecule has 0 aliphatic heterocycles. The maximum Gasteiger partial charge on any atom is 0.173 e. The number of hydrogen-bond donors (Lipinski definition) is 0. The summed E-state index contributed by atoms with van der Waals surface area (Å²) in [5, 5.41) is 0. The summed E-state index contributed by atoms with van der Waals surface area (Å²) >= 11 is 7.11. The molecule has 358 valence electrons. The Morgan fingerprint density at radius 1 is 0.328 bits per heavy atom. The van der Waals surface area contributed by atoms with Gasteiger partial charge in [0.2, 0.25) is 0 Å². The molecule has 0 aromatic carbocycles. The SMILES string of the molecule is CCCCCCCCCCC(CCCCCCCC)c1ccc(-c2ccc(C(=O)CCC(=O)c3ccc(-c4ccc(C(CCCCCCCC)CCCCCCCCCC)s4)s3)s2)s1. The number of ketones is 2. The average molecular weight is 948 g/mol. The van der Waals surface area contributed by atoms with Gasteiger partial charge in [0, 0.05) is 42.1 Å². The summed E-state index contributed by atoms with van der Waals surface area (Å²) in [4.78, 5) is 36.5. The second-order valence-electron chi connectivity index (χ2n) is 19.1. The van der Waals surface area contributed by atoms with Crippen molar-refractivity contribution in [3.63, 3.8) is 0 Å². The number of carbonyl (C=O) groups excluding carboxylic acids is 2. The van der Waals surface area contributed by atoms with Crippen LogP contribution in [-0.2, 0) is 0 Å². The molecule has 0 aliphatic carbocycles. The fourth-order valence-corrected chi connectivity index (χ4v) is 13.9. The van der Waals surface area contributed by atoms with Gasteiger partial charge >= 0.3 is 0 Å². The first-order valence-corrected chi connectivity index (χ1v) is 30.2. The number of hydrogen-bond acceptors (Lipinski definition) is 6. The van der Waals surface area contributed by atoms with Crippen molar-refractivity contribution in [1.82, 2.24) is 0 Å². The maximum atomic E-state index is 13.5. The lowest BCUT2D eigenvalue weighted by Gasteiger charge is -2.15. The Morgan fingerprint density at radius 2 is 0.578 bits per heavy atom. The molecule has 2 nitrogen and oxygen atoms in total. The summed E-state index contributed by atoms with van der Waals surface area (Å²) in [7, 11) is 0. The molecule has 4 aromatic heterocycles. The predicted molar refractivity (Wildman–Crippen MR) is 289 cm³/mol. The summed E-state index contributed by atoms with van der Waals surface area (Å²) in [5.41, 5.74) is 0. The number of thiophene rings is 4. The van der Waals surface area contributed by atoms with Crippen molar-refractivity contribution >= 4 is 56.9 Å². The molecule has 0 aliphatic rings. The Labute approximate surface area is 409 Å². The van der Waals surface area contributed by atoms with Crippen LogP contribution in [-0.4, -0.2) is 11.6 Å². The van der Waals surface area contributed by atoms with E-state index in [-0.39, 0.29) is 24.4 Å². The normalized spacial score (nSPS) is 12.6. The standard InChI is InChI=1S/C58H90O2S4/c1-5-9-13-17-21-23-27-31-35-47(33-29-25-19-15-11-7-3)51-39-43-55(61-51)57-45-41-53(63-57)49(59)37-38-50(60)54-42-46-58(64-54)56-44-40-52(62-56)48(34-30-26-20-16-12-8-4)36-32-28-24-22-18-14-10-6-2/h39-48H,5-38H2,1-4H3. The Hall–Kier alpha value is -1.86. The van der Waals surface area contributed by atoms with Crippen LogP contribution in [0, 0.1) is 0 Å². The van der Waals surface area contributed by atoms with Gasteiger partial charge in [-0.15, -0.1) is 45.3 Å². The van der Waals surface area contributed by atoms with E-state index in [4.69, 9.17) is 0 Å². The molecule has 0 saturated carbocycles. The van der Waals surface area contributed by atoms with Crippen molar-refractivity contribution in [3.8, 4) is 19.5 Å². The molecule has 4 aromatic rings. The lowest BCUT2D eigenvalue weighted by atomic mass is 9.93. The Kier molecular flexibility index (Phi) is 29.5. The quantitative estimate of drug-likeness (QED) is 0.0328. The zero-order valence-electron chi connectivity index (χ0n) is 41.3. The molecule has 0 fully saturated rings. The fraction of sp³-hybridized carbons (Fsp3) is 0.690. The minimum absolute atomic E-state index is 0.0876. The van der Waals surface area contributed by atoms with Crippen molar-refractivity contribution in [2.75, 3.05) is 0 Å². The molecule has 0 saturated heterocycles. The van der Waals surface area contributed by atoms with Crippen LogP contribution in [0.25, 0.3) is 19.5 Å². The monoisotopic (exact) mass is 947 g/mol. The van der Waals surface area contributed by atoms with Gasteiger partial charge < -0.3 is 0 Å². The van der Waals surface area contributed by atoms with Crippen LogP contribution in [0.1, 0.15) is 287 Å². The van der Waals surface area contributed by atoms with Crippen molar-refractivity contribution in [2.24, 2.45) is 0 Å². The lowest BCUT2D eigenvalue weighted by Crippen LogP contribution is -2.02. The highest BCUT2D eigenvalue weighted by Crippen LogP contribution is 2.42. The van der Waals surface area contributed by atoms with Crippen LogP contribution >= 0.6 is 45.3 Å². The molecule has 0 N–H and O–H groups in total. The van der Waals surface area contributed by atoms with Crippen molar-refractivity contribution in [2.45, 2.75) is 258 Å². The maximum absolute atomic E-state index is 13.5. The molecule has 2 unspecified atom stereocenters. The van der Waals surface area contributed by atoms with Gasteiger partial charge in [0.15, 0.2) is 11.6 Å².